The number of methoxy groups -OCH3 is 1. The number of likely N-dealkylation sites (N-methyl/N-ethyl adjacent to an activating group) is 2. The molecule has 17 heteroatoms. The zero-order valence-corrected chi connectivity index (χ0v) is 46.3. The van der Waals surface area contributed by atoms with Gasteiger partial charge in [0.2, 0.25) is 29.4 Å². The molecule has 5 aromatic rings. The van der Waals surface area contributed by atoms with Crippen LogP contribution in [0.15, 0.2) is 109 Å². The number of amides is 7. The third-order valence-electron chi connectivity index (χ3n) is 19.5. The number of likely N-dealkylation sites (tertiary alicyclic amines) is 1. The molecule has 6 fully saturated rings. The first-order valence-corrected chi connectivity index (χ1v) is 28.6. The molecule has 1 aromatic heterocycles. The molecule has 7 heterocycles. The second kappa shape index (κ2) is 20.4. The van der Waals surface area contributed by atoms with Gasteiger partial charge >= 0.3 is 6.03 Å². The minimum absolute atomic E-state index is 0.144. The van der Waals surface area contributed by atoms with Crippen LogP contribution >= 0.6 is 0 Å². The summed E-state index contributed by atoms with van der Waals surface area (Å²) in [5.74, 6) is -2.99. The van der Waals surface area contributed by atoms with Crippen molar-refractivity contribution in [1.82, 2.24) is 40.5 Å². The molecule has 5 N–H and O–H groups in total. The smallest absolute Gasteiger partial charge is 0.328 e. The number of aromatic amines is 1. The highest BCUT2D eigenvalue weighted by atomic mass is 16.7. The van der Waals surface area contributed by atoms with Crippen molar-refractivity contribution in [1.29, 1.82) is 0 Å². The number of carbonyl (C=O) groups excluding carboxylic acids is 6. The molecule has 17 nitrogen and oxygen atoms in total. The van der Waals surface area contributed by atoms with Crippen molar-refractivity contribution in [2.75, 3.05) is 40.8 Å². The van der Waals surface area contributed by atoms with Crippen molar-refractivity contribution in [2.24, 2.45) is 11.8 Å². The first-order chi connectivity index (χ1) is 38.5. The number of piperazine rings is 1. The molecule has 4 aromatic carbocycles. The molecule has 2 bridgehead atoms. The molecule has 0 radical (unpaired) electrons. The van der Waals surface area contributed by atoms with E-state index in [-0.39, 0.29) is 24.3 Å². The third kappa shape index (κ3) is 8.56. The van der Waals surface area contributed by atoms with E-state index in [1.165, 1.54) is 67.8 Å². The number of nitrogens with one attached hydrogen (secondary N) is 4. The van der Waals surface area contributed by atoms with Crippen LogP contribution in [-0.4, -0.2) is 142 Å². The molecule has 418 valence electrons. The van der Waals surface area contributed by atoms with Gasteiger partial charge in [-0.1, -0.05) is 105 Å². The number of hydrogen-bond acceptors (Lipinski definition) is 11. The fraction of sp³-hybridized carbons (Fsp3) is 0.460. The summed E-state index contributed by atoms with van der Waals surface area (Å²) in [4.78, 5) is 87.8. The largest absolute Gasteiger partial charge is 0.497 e. The van der Waals surface area contributed by atoms with Crippen LogP contribution in [0.2, 0.25) is 0 Å². The van der Waals surface area contributed by atoms with Gasteiger partial charge in [0, 0.05) is 54.1 Å². The van der Waals surface area contributed by atoms with Gasteiger partial charge in [0.05, 0.1) is 13.0 Å². The van der Waals surface area contributed by atoms with Crippen LogP contribution in [0.5, 0.6) is 5.75 Å². The lowest BCUT2D eigenvalue weighted by Crippen LogP contribution is -2.71. The molecule has 5 saturated heterocycles. The summed E-state index contributed by atoms with van der Waals surface area (Å²) < 4.78 is 11.7. The first-order valence-electron chi connectivity index (χ1n) is 28.6. The molecule has 80 heavy (non-hydrogen) atoms. The Hall–Kier alpha value is -7.18. The topological polar surface area (TPSA) is 206 Å². The van der Waals surface area contributed by atoms with Crippen molar-refractivity contribution < 1.29 is 43.3 Å². The molecule has 9 atom stereocenters. The second-order valence-electron chi connectivity index (χ2n) is 23.7. The number of benzene rings is 4. The Kier molecular flexibility index (Phi) is 13.6. The number of nitrogens with zero attached hydrogens (tertiary/aromatic N) is 4. The average Bonchev–Trinajstić information content (AvgIpc) is 4.27. The van der Waals surface area contributed by atoms with Gasteiger partial charge in [-0.05, 0) is 142 Å². The van der Waals surface area contributed by atoms with E-state index in [4.69, 9.17) is 9.47 Å². The van der Waals surface area contributed by atoms with Crippen molar-refractivity contribution >= 4 is 52.0 Å². The van der Waals surface area contributed by atoms with Crippen molar-refractivity contribution in [3.05, 3.63) is 143 Å². The normalized spacial score (nSPS) is 30.9. The molecule has 1 saturated carbocycles. The standard InChI is InChI=1S/C33H35N5O5.C18H25NO.C12H12N2O3/c1-32(35-29(39)21-15-23-22-10-6-11-24-28(22)20(17-34-24)16-25(23)36(2)18-21)31(41)38-26(14-19-8-4-3-5-9-19)30(40)37-13-7-12-27(37)33(38,42)43-32;1-19-10-9-18-8-4-3-5-15(18)17(19)11-13-6-7-14(20-2)12-16(13)18;1-2-12(8-6-4-3-5-7-8)9(15)13-11(17)14-10(12)16/h3-6,8-11,15,17,21,25-27,34,42H,7,12-14,16,18H2,1-2H3,(H,35,39);6-7,12,15,17H,3-5,8-11H2,1-2H3;3-7H,2H2,1H3,(H2,13,14,15,16,17)/t21-,25-,26+,27+,32-,33+;15-,17+,18+;/m11./s1. The van der Waals surface area contributed by atoms with Gasteiger partial charge in [0.15, 0.2) is 5.41 Å². The molecule has 0 unspecified atom stereocenters. The van der Waals surface area contributed by atoms with E-state index in [1.807, 2.05) is 49.5 Å². The molecular formula is C63H72N8O9. The first kappa shape index (κ1) is 53.5. The monoisotopic (exact) mass is 1080 g/mol. The fourth-order valence-electron chi connectivity index (χ4n) is 15.5. The Morgan fingerprint density at radius 2 is 1.59 bits per heavy atom. The van der Waals surface area contributed by atoms with Crippen LogP contribution in [-0.2, 0) is 58.8 Å². The Labute approximate surface area is 466 Å². The highest BCUT2D eigenvalue weighted by Gasteiger charge is 2.70. The van der Waals surface area contributed by atoms with Gasteiger partial charge in [-0.15, -0.1) is 0 Å². The predicted molar refractivity (Wildman–Crippen MR) is 299 cm³/mol. The Bertz CT molecular complexity index is 3310. The lowest BCUT2D eigenvalue weighted by molar-refractivity contribution is -0.315. The predicted octanol–water partition coefficient (Wildman–Crippen LogP) is 6.07. The van der Waals surface area contributed by atoms with E-state index in [9.17, 15) is 33.9 Å². The third-order valence-corrected chi connectivity index (χ3v) is 19.5. The number of aliphatic hydroxyl groups is 1. The van der Waals surface area contributed by atoms with Gasteiger partial charge < -0.3 is 29.9 Å². The zero-order chi connectivity index (χ0) is 55.9. The van der Waals surface area contributed by atoms with Crippen LogP contribution in [0.25, 0.3) is 16.5 Å². The van der Waals surface area contributed by atoms with Gasteiger partial charge in [0.1, 0.15) is 17.8 Å². The molecule has 9 aliphatic rings. The highest BCUT2D eigenvalue weighted by molar-refractivity contribution is 6.23. The number of rotatable bonds is 7. The highest BCUT2D eigenvalue weighted by Crippen LogP contribution is 2.56. The molecular weight excluding hydrogens is 1010 g/mol. The minimum atomic E-state index is -2.04. The number of H-pyrrole nitrogens is 1. The summed E-state index contributed by atoms with van der Waals surface area (Å²) in [6.45, 7) is 5.45. The number of barbiturate groups is 1. The maximum Gasteiger partial charge on any atom is 0.328 e. The maximum absolute atomic E-state index is 14.2. The van der Waals surface area contributed by atoms with Crippen LogP contribution < -0.4 is 20.7 Å². The summed E-state index contributed by atoms with van der Waals surface area (Å²) in [6.07, 6.45) is 14.9. The van der Waals surface area contributed by atoms with Gasteiger partial charge in [-0.3, -0.25) is 49.1 Å². The molecule has 0 spiro atoms. The maximum atomic E-state index is 14.2. The summed E-state index contributed by atoms with van der Waals surface area (Å²) in [5.41, 5.74) is 6.53. The zero-order valence-electron chi connectivity index (χ0n) is 46.3. The number of fused-ring (bicyclic) bond motifs is 6. The Balaban J connectivity index is 0.000000141. The molecule has 6 aliphatic heterocycles. The second-order valence-corrected chi connectivity index (χ2v) is 23.7. The lowest BCUT2D eigenvalue weighted by atomic mass is 9.52. The van der Waals surface area contributed by atoms with E-state index in [0.29, 0.717) is 43.3 Å². The fourth-order valence-corrected chi connectivity index (χ4v) is 15.5. The van der Waals surface area contributed by atoms with Gasteiger partial charge in [-0.2, -0.15) is 0 Å². The summed E-state index contributed by atoms with van der Waals surface area (Å²) in [5, 5.41) is 20.4. The number of piperidine rings is 1. The van der Waals surface area contributed by atoms with Gasteiger partial charge in [0.25, 0.3) is 11.8 Å². The van der Waals surface area contributed by atoms with E-state index in [1.54, 1.807) is 60.4 Å². The van der Waals surface area contributed by atoms with Crippen molar-refractivity contribution in [3.8, 4) is 5.75 Å². The summed E-state index contributed by atoms with van der Waals surface area (Å²) in [6, 6.07) is 29.7. The van der Waals surface area contributed by atoms with E-state index < -0.39 is 58.8 Å². The Morgan fingerprint density at radius 3 is 2.33 bits per heavy atom. The summed E-state index contributed by atoms with van der Waals surface area (Å²) >= 11 is 0. The van der Waals surface area contributed by atoms with Crippen LogP contribution in [0, 0.1) is 11.8 Å². The quantitative estimate of drug-likeness (QED) is 0.118. The van der Waals surface area contributed by atoms with E-state index in [2.05, 4.69) is 74.3 Å². The van der Waals surface area contributed by atoms with E-state index in [0.717, 1.165) is 46.3 Å². The lowest BCUT2D eigenvalue weighted by Gasteiger charge is -2.58. The SMILES string of the molecule is CCC1(c2ccccc2)C(=O)NC(=O)NC1=O.CN1C[C@H](C(=O)N[C@]2(C)O[C@@]3(O)[C@@H]4CCCN4C(=O)[C@H](Cc4ccccc4)N3C2=O)C=C2c3cccc4[nH]cc(c34)C[C@H]21.COc1ccc2c(c1)[C@]13CCCC[C@@H]1[C@H](C2)N(C)CC3. The number of hydrogen-bond donors (Lipinski definition) is 5. The number of imide groups is 2. The number of aromatic nitrogens is 1. The van der Waals surface area contributed by atoms with Crippen LogP contribution in [0.3, 0.4) is 0 Å². The van der Waals surface area contributed by atoms with Gasteiger partial charge in [-0.25, -0.2) is 4.79 Å². The minimum Gasteiger partial charge on any atom is -0.497 e. The van der Waals surface area contributed by atoms with E-state index >= 15 is 0 Å². The summed E-state index contributed by atoms with van der Waals surface area (Å²) in [7, 11) is 6.14. The molecule has 14 rings (SSSR count). The van der Waals surface area contributed by atoms with Crippen molar-refractivity contribution in [2.45, 2.75) is 131 Å². The number of carbonyl (C=O) groups is 6. The van der Waals surface area contributed by atoms with Crippen LogP contribution in [0.1, 0.15) is 98.6 Å². The van der Waals surface area contributed by atoms with Crippen molar-refractivity contribution in [3.63, 3.8) is 0 Å². The van der Waals surface area contributed by atoms with Crippen LogP contribution in [0.4, 0.5) is 4.79 Å². The number of ether oxygens (including phenoxy) is 2. The average molecular weight is 1090 g/mol. The molecule has 7 amide bonds. The molecule has 3 aliphatic carbocycles. The number of urea groups is 1. The Morgan fingerprint density at radius 1 is 0.838 bits per heavy atom.